The Morgan fingerprint density at radius 3 is 2.46 bits per heavy atom. The standard InChI is InChI=1S/C6H9F4NO2/c1-2-11-5(12)13-3-6(9,10)4(7)8/h4H,2-3H2,1H3,(H,11,12). The van der Waals surface area contributed by atoms with E-state index >= 15 is 0 Å². The van der Waals surface area contributed by atoms with Gasteiger partial charge in [0.15, 0.2) is 6.61 Å². The monoisotopic (exact) mass is 203 g/mol. The summed E-state index contributed by atoms with van der Waals surface area (Å²) in [6.45, 7) is 0.0993. The number of hydrogen-bond donors (Lipinski definition) is 1. The predicted octanol–water partition coefficient (Wildman–Crippen LogP) is 1.63. The van der Waals surface area contributed by atoms with Gasteiger partial charge in [-0.15, -0.1) is 0 Å². The van der Waals surface area contributed by atoms with Gasteiger partial charge in [-0.2, -0.15) is 8.78 Å². The Bertz CT molecular complexity index is 174. The van der Waals surface area contributed by atoms with Crippen molar-refractivity contribution in [2.45, 2.75) is 19.3 Å². The Labute approximate surface area is 72.1 Å². The van der Waals surface area contributed by atoms with E-state index in [1.54, 1.807) is 0 Å². The average molecular weight is 203 g/mol. The first-order valence-electron chi connectivity index (χ1n) is 3.46. The van der Waals surface area contributed by atoms with E-state index in [1.807, 2.05) is 5.32 Å². The van der Waals surface area contributed by atoms with Crippen LogP contribution in [-0.2, 0) is 4.74 Å². The van der Waals surface area contributed by atoms with Gasteiger partial charge in [0.25, 0.3) is 0 Å². The summed E-state index contributed by atoms with van der Waals surface area (Å²) in [6.07, 6.45) is -4.97. The summed E-state index contributed by atoms with van der Waals surface area (Å²) < 4.78 is 51.0. The summed E-state index contributed by atoms with van der Waals surface area (Å²) in [5.74, 6) is -4.29. The molecule has 13 heavy (non-hydrogen) atoms. The number of halogens is 4. The zero-order chi connectivity index (χ0) is 10.5. The second-order valence-electron chi connectivity index (χ2n) is 2.17. The molecule has 0 aliphatic carbocycles. The topological polar surface area (TPSA) is 38.3 Å². The van der Waals surface area contributed by atoms with Gasteiger partial charge >= 0.3 is 18.4 Å². The van der Waals surface area contributed by atoms with Gasteiger partial charge in [-0.05, 0) is 6.92 Å². The van der Waals surface area contributed by atoms with E-state index in [4.69, 9.17) is 0 Å². The minimum atomic E-state index is -4.29. The van der Waals surface area contributed by atoms with Crippen molar-refractivity contribution in [2.75, 3.05) is 13.2 Å². The molecule has 0 bridgehead atoms. The van der Waals surface area contributed by atoms with Crippen molar-refractivity contribution in [2.24, 2.45) is 0 Å². The minimum Gasteiger partial charge on any atom is -0.443 e. The second-order valence-corrected chi connectivity index (χ2v) is 2.17. The molecular formula is C6H9F4NO2. The van der Waals surface area contributed by atoms with Crippen molar-refractivity contribution >= 4 is 6.09 Å². The predicted molar refractivity (Wildman–Crippen MR) is 36.0 cm³/mol. The first-order valence-corrected chi connectivity index (χ1v) is 3.46. The Morgan fingerprint density at radius 1 is 1.54 bits per heavy atom. The van der Waals surface area contributed by atoms with Gasteiger partial charge in [-0.3, -0.25) is 0 Å². The molecule has 0 aromatic carbocycles. The number of ether oxygens (including phenoxy) is 1. The summed E-state index contributed by atoms with van der Waals surface area (Å²) in [7, 11) is 0. The van der Waals surface area contributed by atoms with Gasteiger partial charge in [0.05, 0.1) is 0 Å². The number of alkyl carbamates (subject to hydrolysis) is 1. The summed E-state index contributed by atoms with van der Waals surface area (Å²) in [5, 5.41) is 2.02. The second kappa shape index (κ2) is 4.88. The van der Waals surface area contributed by atoms with Gasteiger partial charge < -0.3 is 10.1 Å². The summed E-state index contributed by atoms with van der Waals surface area (Å²) in [6, 6.07) is 0. The highest BCUT2D eigenvalue weighted by Gasteiger charge is 2.42. The molecule has 1 N–H and O–H groups in total. The summed E-state index contributed by atoms with van der Waals surface area (Å²) in [5.41, 5.74) is 0. The molecule has 0 radical (unpaired) electrons. The first kappa shape index (κ1) is 12.0. The zero-order valence-corrected chi connectivity index (χ0v) is 6.82. The Kier molecular flexibility index (Phi) is 4.50. The van der Waals surface area contributed by atoms with Crippen LogP contribution in [0.2, 0.25) is 0 Å². The molecule has 0 aliphatic heterocycles. The zero-order valence-electron chi connectivity index (χ0n) is 6.82. The van der Waals surface area contributed by atoms with Crippen LogP contribution in [0.5, 0.6) is 0 Å². The largest absolute Gasteiger partial charge is 0.443 e. The van der Waals surface area contributed by atoms with Crippen molar-refractivity contribution < 1.29 is 27.1 Å². The van der Waals surface area contributed by atoms with E-state index < -0.39 is 25.0 Å². The van der Waals surface area contributed by atoms with Crippen LogP contribution in [0.4, 0.5) is 22.4 Å². The third-order valence-corrected chi connectivity index (χ3v) is 1.04. The molecule has 0 aliphatic rings. The Balaban J connectivity index is 3.81. The van der Waals surface area contributed by atoms with Crippen molar-refractivity contribution in [1.82, 2.24) is 5.32 Å². The van der Waals surface area contributed by atoms with Gasteiger partial charge in [0.1, 0.15) is 0 Å². The average Bonchev–Trinajstić information content (AvgIpc) is 2.01. The fourth-order valence-electron chi connectivity index (χ4n) is 0.420. The molecule has 3 nitrogen and oxygen atoms in total. The van der Waals surface area contributed by atoms with E-state index in [9.17, 15) is 22.4 Å². The number of carbonyl (C=O) groups is 1. The van der Waals surface area contributed by atoms with Crippen LogP contribution in [0.25, 0.3) is 0 Å². The molecule has 78 valence electrons. The van der Waals surface area contributed by atoms with Gasteiger partial charge in [0.2, 0.25) is 0 Å². The van der Waals surface area contributed by atoms with E-state index in [-0.39, 0.29) is 6.54 Å². The Morgan fingerprint density at radius 2 is 2.08 bits per heavy atom. The van der Waals surface area contributed by atoms with E-state index in [2.05, 4.69) is 4.74 Å². The van der Waals surface area contributed by atoms with E-state index in [1.165, 1.54) is 6.92 Å². The van der Waals surface area contributed by atoms with Crippen molar-refractivity contribution in [3.8, 4) is 0 Å². The highest BCUT2D eigenvalue weighted by molar-refractivity contribution is 5.66. The molecule has 7 heteroatoms. The third kappa shape index (κ3) is 4.54. The summed E-state index contributed by atoms with van der Waals surface area (Å²) >= 11 is 0. The van der Waals surface area contributed by atoms with Crippen LogP contribution in [0.15, 0.2) is 0 Å². The number of nitrogens with one attached hydrogen (secondary N) is 1. The van der Waals surface area contributed by atoms with Crippen molar-refractivity contribution in [3.63, 3.8) is 0 Å². The molecule has 0 spiro atoms. The third-order valence-electron chi connectivity index (χ3n) is 1.04. The first-order chi connectivity index (χ1) is 5.90. The van der Waals surface area contributed by atoms with Crippen molar-refractivity contribution in [3.05, 3.63) is 0 Å². The van der Waals surface area contributed by atoms with Crippen LogP contribution in [0.1, 0.15) is 6.92 Å². The number of hydrogen-bond acceptors (Lipinski definition) is 2. The van der Waals surface area contributed by atoms with Gasteiger partial charge in [-0.1, -0.05) is 0 Å². The van der Waals surface area contributed by atoms with Crippen LogP contribution in [0, 0.1) is 0 Å². The number of amides is 1. The maximum atomic E-state index is 12.1. The number of alkyl halides is 4. The lowest BCUT2D eigenvalue weighted by molar-refractivity contribution is -0.153. The molecule has 0 atom stereocenters. The molecule has 0 unspecified atom stereocenters. The normalized spacial score (nSPS) is 11.5. The highest BCUT2D eigenvalue weighted by atomic mass is 19.3. The molecule has 0 aromatic heterocycles. The maximum absolute atomic E-state index is 12.1. The van der Waals surface area contributed by atoms with Gasteiger partial charge in [-0.25, -0.2) is 13.6 Å². The smallest absolute Gasteiger partial charge is 0.407 e. The molecule has 0 aromatic rings. The molecule has 1 amide bonds. The van der Waals surface area contributed by atoms with E-state index in [0.717, 1.165) is 0 Å². The number of carbonyl (C=O) groups excluding carboxylic acids is 1. The lowest BCUT2D eigenvalue weighted by atomic mass is 10.4. The minimum absolute atomic E-state index is 0.180. The van der Waals surface area contributed by atoms with Crippen LogP contribution in [-0.4, -0.2) is 31.6 Å². The van der Waals surface area contributed by atoms with Crippen LogP contribution < -0.4 is 5.32 Å². The lowest BCUT2D eigenvalue weighted by Crippen LogP contribution is -2.36. The maximum Gasteiger partial charge on any atom is 0.407 e. The van der Waals surface area contributed by atoms with Crippen molar-refractivity contribution in [1.29, 1.82) is 0 Å². The SMILES string of the molecule is CCNC(=O)OCC(F)(F)C(F)F. The molecule has 0 heterocycles. The number of rotatable bonds is 4. The lowest BCUT2D eigenvalue weighted by Gasteiger charge is -2.14. The quantitative estimate of drug-likeness (QED) is 0.705. The molecule has 0 fully saturated rings. The molecule has 0 rings (SSSR count). The van der Waals surface area contributed by atoms with Gasteiger partial charge in [0, 0.05) is 6.54 Å². The Hall–Kier alpha value is -1.01. The molecule has 0 saturated heterocycles. The van der Waals surface area contributed by atoms with Crippen LogP contribution >= 0.6 is 0 Å². The van der Waals surface area contributed by atoms with E-state index in [0.29, 0.717) is 0 Å². The fraction of sp³-hybridized carbons (Fsp3) is 0.833. The molecular weight excluding hydrogens is 194 g/mol. The molecule has 0 saturated carbocycles. The summed E-state index contributed by atoms with van der Waals surface area (Å²) in [4.78, 5) is 10.4. The highest BCUT2D eigenvalue weighted by Crippen LogP contribution is 2.22. The fourth-order valence-corrected chi connectivity index (χ4v) is 0.420. The van der Waals surface area contributed by atoms with Crippen LogP contribution in [0.3, 0.4) is 0 Å².